The Kier molecular flexibility index (Phi) is 4.97. The van der Waals surface area contributed by atoms with Gasteiger partial charge in [0.1, 0.15) is 0 Å². The van der Waals surface area contributed by atoms with Gasteiger partial charge in [-0.05, 0) is 30.5 Å². The van der Waals surface area contributed by atoms with Crippen LogP contribution in [-0.2, 0) is 11.8 Å². The van der Waals surface area contributed by atoms with Crippen LogP contribution in [0.15, 0.2) is 53.0 Å². The number of benzene rings is 2. The molecule has 0 unspecified atom stereocenters. The van der Waals surface area contributed by atoms with Crippen LogP contribution in [0.2, 0.25) is 0 Å². The summed E-state index contributed by atoms with van der Waals surface area (Å²) < 4.78 is 0.913. The van der Waals surface area contributed by atoms with Crippen molar-refractivity contribution in [3.63, 3.8) is 0 Å². The molecule has 0 radical (unpaired) electrons. The highest BCUT2D eigenvalue weighted by Crippen LogP contribution is 2.33. The molecule has 0 saturated carbocycles. The van der Waals surface area contributed by atoms with Gasteiger partial charge in [-0.3, -0.25) is 0 Å². The van der Waals surface area contributed by atoms with E-state index in [9.17, 15) is 10.2 Å². The van der Waals surface area contributed by atoms with E-state index in [4.69, 9.17) is 0 Å². The van der Waals surface area contributed by atoms with Gasteiger partial charge in [0.15, 0.2) is 0 Å². The van der Waals surface area contributed by atoms with Crippen LogP contribution in [0.1, 0.15) is 16.7 Å². The molecule has 2 aromatic rings. The number of halogens is 1. The van der Waals surface area contributed by atoms with Crippen LogP contribution in [0, 0.1) is 6.92 Å². The topological polar surface area (TPSA) is 40.5 Å². The van der Waals surface area contributed by atoms with Crippen molar-refractivity contribution in [2.75, 3.05) is 13.2 Å². The van der Waals surface area contributed by atoms with Crippen LogP contribution in [0.5, 0.6) is 0 Å². The maximum absolute atomic E-state index is 9.90. The van der Waals surface area contributed by atoms with E-state index in [1.807, 2.05) is 49.4 Å². The molecule has 20 heavy (non-hydrogen) atoms. The van der Waals surface area contributed by atoms with E-state index in [1.54, 1.807) is 0 Å². The maximum atomic E-state index is 9.90. The lowest BCUT2D eigenvalue weighted by molar-refractivity contribution is 0.115. The summed E-state index contributed by atoms with van der Waals surface area (Å²) in [5.41, 5.74) is 2.56. The fraction of sp³-hybridized carbons (Fsp3) is 0.294. The van der Waals surface area contributed by atoms with Gasteiger partial charge in [0, 0.05) is 9.89 Å². The highest BCUT2D eigenvalue weighted by Gasteiger charge is 2.33. The highest BCUT2D eigenvalue weighted by atomic mass is 79.9. The number of hydrogen-bond acceptors (Lipinski definition) is 2. The van der Waals surface area contributed by atoms with E-state index in [0.29, 0.717) is 6.42 Å². The molecule has 3 heteroatoms. The Labute approximate surface area is 128 Å². The summed E-state index contributed by atoms with van der Waals surface area (Å²) in [6.07, 6.45) is 0.601. The normalized spacial score (nSPS) is 11.6. The minimum Gasteiger partial charge on any atom is -0.395 e. The minimum atomic E-state index is -0.673. The van der Waals surface area contributed by atoms with E-state index < -0.39 is 5.41 Å². The number of rotatable bonds is 5. The Balaban J connectivity index is 2.42. The lowest BCUT2D eigenvalue weighted by Gasteiger charge is -2.31. The quantitative estimate of drug-likeness (QED) is 0.881. The van der Waals surface area contributed by atoms with E-state index in [0.717, 1.165) is 15.6 Å². The van der Waals surface area contributed by atoms with Crippen molar-refractivity contribution in [3.05, 3.63) is 69.7 Å². The maximum Gasteiger partial charge on any atom is 0.0553 e. The van der Waals surface area contributed by atoms with Crippen molar-refractivity contribution in [2.45, 2.75) is 18.8 Å². The third-order valence-electron chi connectivity index (χ3n) is 3.68. The first-order valence-corrected chi connectivity index (χ1v) is 7.43. The molecule has 0 aliphatic heterocycles. The molecule has 106 valence electrons. The first-order valence-electron chi connectivity index (χ1n) is 6.63. The van der Waals surface area contributed by atoms with Gasteiger partial charge in [-0.15, -0.1) is 0 Å². The zero-order valence-corrected chi connectivity index (χ0v) is 13.1. The van der Waals surface area contributed by atoms with Crippen LogP contribution in [0.3, 0.4) is 0 Å². The Morgan fingerprint density at radius 2 is 1.70 bits per heavy atom. The third-order valence-corrected chi connectivity index (χ3v) is 4.37. The predicted octanol–water partition coefficient (Wildman–Crippen LogP) is 3.22. The molecule has 0 heterocycles. The van der Waals surface area contributed by atoms with Gasteiger partial charge in [-0.1, -0.05) is 64.0 Å². The van der Waals surface area contributed by atoms with Crippen LogP contribution < -0.4 is 0 Å². The molecule has 0 spiro atoms. The van der Waals surface area contributed by atoms with E-state index in [1.165, 1.54) is 5.56 Å². The van der Waals surface area contributed by atoms with Crippen LogP contribution in [0.4, 0.5) is 0 Å². The molecule has 0 aliphatic rings. The summed E-state index contributed by atoms with van der Waals surface area (Å²) in [6.45, 7) is 1.85. The number of aliphatic hydroxyl groups excluding tert-OH is 2. The zero-order valence-electron chi connectivity index (χ0n) is 11.5. The second kappa shape index (κ2) is 6.53. The molecule has 2 N–H and O–H groups in total. The fourth-order valence-corrected chi connectivity index (χ4v) is 3.24. The van der Waals surface area contributed by atoms with Crippen molar-refractivity contribution in [3.8, 4) is 0 Å². The van der Waals surface area contributed by atoms with Crippen molar-refractivity contribution < 1.29 is 10.2 Å². The van der Waals surface area contributed by atoms with Gasteiger partial charge in [-0.25, -0.2) is 0 Å². The van der Waals surface area contributed by atoms with Gasteiger partial charge < -0.3 is 10.2 Å². The molecule has 0 aromatic heterocycles. The van der Waals surface area contributed by atoms with Gasteiger partial charge in [-0.2, -0.15) is 0 Å². The van der Waals surface area contributed by atoms with Crippen molar-refractivity contribution in [1.82, 2.24) is 0 Å². The Bertz CT molecular complexity index is 577. The second-order valence-electron chi connectivity index (χ2n) is 5.24. The molecule has 2 aromatic carbocycles. The van der Waals surface area contributed by atoms with Crippen LogP contribution in [0.25, 0.3) is 0 Å². The van der Waals surface area contributed by atoms with Crippen LogP contribution in [-0.4, -0.2) is 23.4 Å². The van der Waals surface area contributed by atoms with E-state index in [2.05, 4.69) is 22.0 Å². The van der Waals surface area contributed by atoms with Crippen LogP contribution >= 0.6 is 15.9 Å². The lowest BCUT2D eigenvalue weighted by atomic mass is 9.76. The molecule has 0 atom stereocenters. The smallest absolute Gasteiger partial charge is 0.0553 e. The van der Waals surface area contributed by atoms with Crippen molar-refractivity contribution >= 4 is 15.9 Å². The molecule has 2 nitrogen and oxygen atoms in total. The Morgan fingerprint density at radius 3 is 2.30 bits per heavy atom. The third kappa shape index (κ3) is 3.11. The molecule has 0 bridgehead atoms. The molecular weight excluding hydrogens is 316 g/mol. The van der Waals surface area contributed by atoms with E-state index in [-0.39, 0.29) is 13.2 Å². The highest BCUT2D eigenvalue weighted by molar-refractivity contribution is 9.10. The average Bonchev–Trinajstić information content (AvgIpc) is 2.46. The van der Waals surface area contributed by atoms with Crippen molar-refractivity contribution in [1.29, 1.82) is 0 Å². The number of hydrogen-bond donors (Lipinski definition) is 2. The fourth-order valence-electron chi connectivity index (χ4n) is 2.53. The standard InChI is InChI=1S/C17H19BrO2/c1-13-5-4-6-14(9-13)10-17(11-19,12-20)15-7-2-3-8-16(15)18/h2-9,19-20H,10-12H2,1H3. The zero-order chi connectivity index (χ0) is 14.6. The lowest BCUT2D eigenvalue weighted by Crippen LogP contribution is -2.37. The SMILES string of the molecule is Cc1cccc(CC(CO)(CO)c2ccccc2Br)c1. The average molecular weight is 335 g/mol. The Morgan fingerprint density at radius 1 is 1.00 bits per heavy atom. The molecule has 0 saturated heterocycles. The first kappa shape index (κ1) is 15.2. The first-order chi connectivity index (χ1) is 9.61. The molecule has 0 aliphatic carbocycles. The van der Waals surface area contributed by atoms with Gasteiger partial charge in [0.25, 0.3) is 0 Å². The van der Waals surface area contributed by atoms with Gasteiger partial charge >= 0.3 is 0 Å². The van der Waals surface area contributed by atoms with Crippen molar-refractivity contribution in [2.24, 2.45) is 0 Å². The summed E-state index contributed by atoms with van der Waals surface area (Å²) in [6, 6.07) is 15.9. The molecule has 0 amide bonds. The van der Waals surface area contributed by atoms with E-state index >= 15 is 0 Å². The summed E-state index contributed by atoms with van der Waals surface area (Å²) >= 11 is 3.52. The number of aliphatic hydroxyl groups is 2. The summed E-state index contributed by atoms with van der Waals surface area (Å²) in [5, 5.41) is 19.8. The second-order valence-corrected chi connectivity index (χ2v) is 6.10. The summed E-state index contributed by atoms with van der Waals surface area (Å²) in [4.78, 5) is 0. The van der Waals surface area contributed by atoms with Gasteiger partial charge in [0.2, 0.25) is 0 Å². The summed E-state index contributed by atoms with van der Waals surface area (Å²) in [7, 11) is 0. The predicted molar refractivity (Wildman–Crippen MR) is 84.9 cm³/mol. The Hall–Kier alpha value is -1.16. The monoisotopic (exact) mass is 334 g/mol. The molecule has 0 fully saturated rings. The number of aryl methyl sites for hydroxylation is 1. The largest absolute Gasteiger partial charge is 0.395 e. The molecule has 2 rings (SSSR count). The summed E-state index contributed by atoms with van der Waals surface area (Å²) in [5.74, 6) is 0. The van der Waals surface area contributed by atoms with Gasteiger partial charge in [0.05, 0.1) is 13.2 Å². The minimum absolute atomic E-state index is 0.0972. The molecular formula is C17H19BrO2.